The maximum atomic E-state index is 6.38. The van der Waals surface area contributed by atoms with Crippen molar-refractivity contribution in [2.75, 3.05) is 0 Å². The molecule has 1 aliphatic carbocycles. The van der Waals surface area contributed by atoms with Gasteiger partial charge in [0.1, 0.15) is 11.2 Å². The number of nitrogens with zero attached hydrogens (tertiary/aromatic N) is 1. The Labute approximate surface area is 161 Å². The number of benzene rings is 3. The van der Waals surface area contributed by atoms with Crippen LogP contribution in [0.1, 0.15) is 13.8 Å². The van der Waals surface area contributed by atoms with Crippen LogP contribution >= 0.6 is 0 Å². The molecule has 2 nitrogen and oxygen atoms in total. The van der Waals surface area contributed by atoms with Crippen molar-refractivity contribution >= 4 is 61.3 Å². The Kier molecular flexibility index (Phi) is 2.51. The summed E-state index contributed by atoms with van der Waals surface area (Å²) in [6.07, 6.45) is 4.90. The molecule has 2 heteroatoms. The zero-order valence-corrected chi connectivity index (χ0v) is 15.9. The van der Waals surface area contributed by atoms with Crippen molar-refractivity contribution in [1.29, 1.82) is 0 Å². The maximum absolute atomic E-state index is 6.38. The van der Waals surface area contributed by atoms with Crippen molar-refractivity contribution < 1.29 is 4.42 Å². The van der Waals surface area contributed by atoms with Gasteiger partial charge in [0.05, 0.1) is 21.8 Å². The SMILES string of the molecule is CC1C=c2c(n3c4ccc5c6ccccc6oc5c4c4cccc2c43)=CC1C. The molecule has 1 aliphatic rings. The fraction of sp³-hybridized carbons (Fsp3) is 0.154. The Hall–Kier alpha value is -3.26. The zero-order valence-electron chi connectivity index (χ0n) is 15.9. The fourth-order valence-electron chi connectivity index (χ4n) is 5.21. The average molecular weight is 361 g/mol. The monoisotopic (exact) mass is 361 g/mol. The first kappa shape index (κ1) is 14.8. The summed E-state index contributed by atoms with van der Waals surface area (Å²) in [7, 11) is 0. The minimum Gasteiger partial charge on any atom is -0.455 e. The molecule has 0 fully saturated rings. The van der Waals surface area contributed by atoms with E-state index in [9.17, 15) is 0 Å². The van der Waals surface area contributed by atoms with Gasteiger partial charge in [0.2, 0.25) is 0 Å². The molecule has 0 saturated carbocycles. The molecule has 2 unspecified atom stereocenters. The van der Waals surface area contributed by atoms with E-state index in [1.807, 2.05) is 6.07 Å². The summed E-state index contributed by atoms with van der Waals surface area (Å²) in [4.78, 5) is 0. The second-order valence-corrected chi connectivity index (χ2v) is 8.32. The third kappa shape index (κ3) is 1.57. The first-order valence-electron chi connectivity index (χ1n) is 10.0. The number of hydrogen-bond acceptors (Lipinski definition) is 1. The lowest BCUT2D eigenvalue weighted by molar-refractivity contribution is 0.607. The van der Waals surface area contributed by atoms with E-state index < -0.39 is 0 Å². The first-order chi connectivity index (χ1) is 13.7. The molecular formula is C26H19NO. The second-order valence-electron chi connectivity index (χ2n) is 8.32. The smallest absolute Gasteiger partial charge is 0.145 e. The molecule has 6 aromatic rings. The van der Waals surface area contributed by atoms with Crippen molar-refractivity contribution in [2.45, 2.75) is 13.8 Å². The summed E-state index contributed by atoms with van der Waals surface area (Å²) in [5, 5.41) is 8.98. The van der Waals surface area contributed by atoms with Crippen LogP contribution in [0.25, 0.3) is 61.3 Å². The predicted molar refractivity (Wildman–Crippen MR) is 117 cm³/mol. The van der Waals surface area contributed by atoms with Gasteiger partial charge in [-0.3, -0.25) is 0 Å². The van der Waals surface area contributed by atoms with Gasteiger partial charge < -0.3 is 8.82 Å². The van der Waals surface area contributed by atoms with Crippen LogP contribution in [0, 0.1) is 11.8 Å². The number of aromatic nitrogens is 1. The molecule has 2 atom stereocenters. The number of furan rings is 1. The number of fused-ring (bicyclic) bond motifs is 10. The Balaban J connectivity index is 1.82. The van der Waals surface area contributed by atoms with Gasteiger partial charge in [-0.2, -0.15) is 0 Å². The normalized spacial score (nSPS) is 19.6. The molecule has 3 heterocycles. The van der Waals surface area contributed by atoms with E-state index >= 15 is 0 Å². The van der Waals surface area contributed by atoms with Crippen LogP contribution in [0.3, 0.4) is 0 Å². The summed E-state index contributed by atoms with van der Waals surface area (Å²) >= 11 is 0. The lowest BCUT2D eigenvalue weighted by Gasteiger charge is -2.15. The van der Waals surface area contributed by atoms with Crippen LogP contribution in [-0.2, 0) is 0 Å². The summed E-state index contributed by atoms with van der Waals surface area (Å²) in [5.74, 6) is 1.10. The molecule has 134 valence electrons. The van der Waals surface area contributed by atoms with Gasteiger partial charge in [-0.1, -0.05) is 62.4 Å². The molecule has 0 radical (unpaired) electrons. The topological polar surface area (TPSA) is 17.6 Å². The van der Waals surface area contributed by atoms with Crippen molar-refractivity contribution in [1.82, 2.24) is 4.40 Å². The van der Waals surface area contributed by atoms with E-state index in [0.29, 0.717) is 11.8 Å². The van der Waals surface area contributed by atoms with Gasteiger partial charge >= 0.3 is 0 Å². The maximum Gasteiger partial charge on any atom is 0.145 e. The molecule has 0 saturated heterocycles. The van der Waals surface area contributed by atoms with Crippen LogP contribution in [0.5, 0.6) is 0 Å². The van der Waals surface area contributed by atoms with Crippen molar-refractivity contribution in [3.8, 4) is 0 Å². The second kappa shape index (κ2) is 4.77. The van der Waals surface area contributed by atoms with Crippen LogP contribution < -0.4 is 10.6 Å². The van der Waals surface area contributed by atoms with E-state index in [-0.39, 0.29) is 0 Å². The third-order valence-corrected chi connectivity index (χ3v) is 6.78. The average Bonchev–Trinajstić information content (AvgIpc) is 3.34. The standard InChI is InChI=1S/C26H19NO/c1-14-12-20-17-7-5-8-19-24-21(27(25(17)19)22(20)13-15(14)2)11-10-18-16-6-3-4-9-23(16)28-26(18)24/h3-15H,1-2H3. The minimum absolute atomic E-state index is 0.537. The van der Waals surface area contributed by atoms with Gasteiger partial charge in [0.25, 0.3) is 0 Å². The molecule has 3 aromatic carbocycles. The Morgan fingerprint density at radius 1 is 0.750 bits per heavy atom. The fourth-order valence-corrected chi connectivity index (χ4v) is 5.21. The van der Waals surface area contributed by atoms with Gasteiger partial charge in [0, 0.05) is 26.8 Å². The van der Waals surface area contributed by atoms with E-state index in [2.05, 4.69) is 78.9 Å². The van der Waals surface area contributed by atoms with Gasteiger partial charge in [-0.25, -0.2) is 0 Å². The molecule has 28 heavy (non-hydrogen) atoms. The van der Waals surface area contributed by atoms with E-state index in [1.54, 1.807) is 0 Å². The molecule has 3 aromatic heterocycles. The van der Waals surface area contributed by atoms with Crippen LogP contribution in [-0.4, -0.2) is 4.40 Å². The molecule has 0 N–H and O–H groups in total. The van der Waals surface area contributed by atoms with Crippen LogP contribution in [0.2, 0.25) is 0 Å². The highest BCUT2D eigenvalue weighted by atomic mass is 16.3. The highest BCUT2D eigenvalue weighted by Crippen LogP contribution is 2.39. The van der Waals surface area contributed by atoms with Gasteiger partial charge in [-0.15, -0.1) is 0 Å². The first-order valence-corrected chi connectivity index (χ1v) is 10.0. The summed E-state index contributed by atoms with van der Waals surface area (Å²) in [6, 6.07) is 19.5. The van der Waals surface area contributed by atoms with Crippen molar-refractivity contribution in [3.63, 3.8) is 0 Å². The van der Waals surface area contributed by atoms with Gasteiger partial charge in [-0.05, 0) is 30.0 Å². The minimum atomic E-state index is 0.537. The van der Waals surface area contributed by atoms with E-state index in [4.69, 9.17) is 4.42 Å². The molecule has 0 bridgehead atoms. The third-order valence-electron chi connectivity index (χ3n) is 6.78. The number of hydrogen-bond donors (Lipinski definition) is 0. The Morgan fingerprint density at radius 2 is 1.54 bits per heavy atom. The largest absolute Gasteiger partial charge is 0.455 e. The van der Waals surface area contributed by atoms with Crippen LogP contribution in [0.15, 0.2) is 59.0 Å². The van der Waals surface area contributed by atoms with Crippen LogP contribution in [0.4, 0.5) is 0 Å². The molecule has 0 amide bonds. The molecule has 0 spiro atoms. The van der Waals surface area contributed by atoms with E-state index in [0.717, 1.165) is 11.2 Å². The highest BCUT2D eigenvalue weighted by molar-refractivity contribution is 6.25. The van der Waals surface area contributed by atoms with E-state index in [1.165, 1.54) is 48.5 Å². The van der Waals surface area contributed by atoms with Crippen molar-refractivity contribution in [2.24, 2.45) is 11.8 Å². The summed E-state index contributed by atoms with van der Waals surface area (Å²) in [5.41, 5.74) is 4.53. The number of rotatable bonds is 0. The number of para-hydroxylation sites is 2. The summed E-state index contributed by atoms with van der Waals surface area (Å²) in [6.45, 7) is 4.63. The highest BCUT2D eigenvalue weighted by Gasteiger charge is 2.22. The Bertz CT molecular complexity index is 1700. The quantitative estimate of drug-likeness (QED) is 0.353. The Morgan fingerprint density at radius 3 is 2.46 bits per heavy atom. The van der Waals surface area contributed by atoms with Gasteiger partial charge in [0.15, 0.2) is 0 Å². The lowest BCUT2D eigenvalue weighted by Crippen LogP contribution is -2.32. The zero-order chi connectivity index (χ0) is 18.6. The lowest BCUT2D eigenvalue weighted by atomic mass is 9.91. The molecule has 7 rings (SSSR count). The predicted octanol–water partition coefficient (Wildman–Crippen LogP) is 5.43. The molecular weight excluding hydrogens is 342 g/mol. The molecule has 0 aliphatic heterocycles. The summed E-state index contributed by atoms with van der Waals surface area (Å²) < 4.78 is 8.84. The van der Waals surface area contributed by atoms with Crippen molar-refractivity contribution in [3.05, 3.63) is 65.2 Å².